The van der Waals surface area contributed by atoms with Gasteiger partial charge in [0.05, 0.1) is 34.7 Å². The van der Waals surface area contributed by atoms with Gasteiger partial charge in [-0.25, -0.2) is 8.42 Å². The first-order valence-corrected chi connectivity index (χ1v) is 11.7. The summed E-state index contributed by atoms with van der Waals surface area (Å²) in [5, 5.41) is 3.15. The van der Waals surface area contributed by atoms with E-state index in [9.17, 15) is 13.2 Å². The Kier molecular flexibility index (Phi) is 6.87. The van der Waals surface area contributed by atoms with Crippen LogP contribution in [-0.2, 0) is 14.8 Å². The first-order valence-electron chi connectivity index (χ1n) is 9.87. The number of ether oxygens (including phenoxy) is 1. The van der Waals surface area contributed by atoms with Crippen LogP contribution in [0.1, 0.15) is 45.6 Å². The molecule has 0 radical (unpaired) electrons. The van der Waals surface area contributed by atoms with Gasteiger partial charge in [-0.15, -0.1) is 0 Å². The highest BCUT2D eigenvalue weighted by atomic mass is 35.5. The highest BCUT2D eigenvalue weighted by Crippen LogP contribution is 2.26. The Morgan fingerprint density at radius 3 is 2.37 bits per heavy atom. The lowest BCUT2D eigenvalue weighted by molar-refractivity contribution is 0.0730. The lowest BCUT2D eigenvalue weighted by Crippen LogP contribution is -2.40. The van der Waals surface area contributed by atoms with Crippen molar-refractivity contribution < 1.29 is 17.9 Å². The van der Waals surface area contributed by atoms with Crippen molar-refractivity contribution in [1.29, 1.82) is 0 Å². The molecule has 0 spiro atoms. The predicted octanol–water partition coefficient (Wildman–Crippen LogP) is 3.78. The van der Waals surface area contributed by atoms with Crippen LogP contribution in [0.5, 0.6) is 0 Å². The van der Waals surface area contributed by atoms with Crippen LogP contribution in [0.4, 0.5) is 0 Å². The van der Waals surface area contributed by atoms with Gasteiger partial charge in [0.1, 0.15) is 0 Å². The summed E-state index contributed by atoms with van der Waals surface area (Å²) in [6.07, 6.45) is 0. The number of rotatable bonds is 5. The number of amides is 1. The van der Waals surface area contributed by atoms with Crippen LogP contribution in [0.15, 0.2) is 35.2 Å². The van der Waals surface area contributed by atoms with Gasteiger partial charge in [-0.2, -0.15) is 4.31 Å². The fourth-order valence-corrected chi connectivity index (χ4v) is 5.21. The molecule has 0 unspecified atom stereocenters. The second-order valence-corrected chi connectivity index (χ2v) is 9.99. The fraction of sp³-hybridized carbons (Fsp3) is 0.409. The molecule has 1 atom stereocenters. The summed E-state index contributed by atoms with van der Waals surface area (Å²) in [7, 11) is -3.72. The van der Waals surface area contributed by atoms with Crippen LogP contribution >= 0.6 is 11.6 Å². The standard InChI is InChI=1S/C22H27ClN2O4S/c1-14-11-16(3)19(12-15(14)2)17(4)24-22(26)20-13-18(5-6-21(20)23)30(27,28)25-7-9-29-10-8-25/h5-6,11-13,17H,7-10H2,1-4H3,(H,24,26)/t17-/m0/s1. The molecule has 1 amide bonds. The summed E-state index contributed by atoms with van der Waals surface area (Å²) in [4.78, 5) is 13.0. The van der Waals surface area contributed by atoms with Crippen molar-refractivity contribution in [3.05, 3.63) is 63.2 Å². The third-order valence-corrected chi connectivity index (χ3v) is 7.71. The highest BCUT2D eigenvalue weighted by molar-refractivity contribution is 7.89. The number of carbonyl (C=O) groups excluding carboxylic acids is 1. The molecule has 1 saturated heterocycles. The summed E-state index contributed by atoms with van der Waals surface area (Å²) in [5.74, 6) is -0.413. The molecule has 1 aliphatic heterocycles. The Balaban J connectivity index is 1.86. The topological polar surface area (TPSA) is 75.7 Å². The summed E-state index contributed by atoms with van der Waals surface area (Å²) in [5.41, 5.74) is 4.58. The minimum atomic E-state index is -3.72. The number of morpholine rings is 1. The molecule has 1 fully saturated rings. The molecule has 0 bridgehead atoms. The van der Waals surface area contributed by atoms with E-state index in [2.05, 4.69) is 24.4 Å². The van der Waals surface area contributed by atoms with E-state index in [0.717, 1.165) is 16.7 Å². The molecular weight excluding hydrogens is 424 g/mol. The molecule has 2 aromatic carbocycles. The number of carbonyl (C=O) groups is 1. The van der Waals surface area contributed by atoms with E-state index in [1.165, 1.54) is 28.1 Å². The summed E-state index contributed by atoms with van der Waals surface area (Å²) in [6, 6.07) is 8.14. The predicted molar refractivity (Wildman–Crippen MR) is 118 cm³/mol. The molecule has 1 aliphatic rings. The van der Waals surface area contributed by atoms with Crippen molar-refractivity contribution >= 4 is 27.5 Å². The average molecular weight is 451 g/mol. The molecule has 2 aromatic rings. The summed E-state index contributed by atoms with van der Waals surface area (Å²) < 4.78 is 32.4. The molecule has 3 rings (SSSR count). The Morgan fingerprint density at radius 2 is 1.70 bits per heavy atom. The van der Waals surface area contributed by atoms with Crippen molar-refractivity contribution in [3.63, 3.8) is 0 Å². The molecule has 8 heteroatoms. The van der Waals surface area contributed by atoms with E-state index >= 15 is 0 Å². The summed E-state index contributed by atoms with van der Waals surface area (Å²) in [6.45, 7) is 9.27. The van der Waals surface area contributed by atoms with Gasteiger partial charge in [0.25, 0.3) is 5.91 Å². The molecule has 0 saturated carbocycles. The minimum Gasteiger partial charge on any atom is -0.379 e. The van der Waals surface area contributed by atoms with E-state index in [1.54, 1.807) is 0 Å². The van der Waals surface area contributed by atoms with E-state index in [0.29, 0.717) is 13.2 Å². The Hall–Kier alpha value is -1.93. The molecule has 0 aromatic heterocycles. The minimum absolute atomic E-state index is 0.0500. The Morgan fingerprint density at radius 1 is 1.07 bits per heavy atom. The number of halogens is 1. The average Bonchev–Trinajstić information content (AvgIpc) is 2.71. The van der Waals surface area contributed by atoms with Crippen LogP contribution in [0, 0.1) is 20.8 Å². The zero-order valence-corrected chi connectivity index (χ0v) is 19.2. The molecule has 1 N–H and O–H groups in total. The van der Waals surface area contributed by atoms with Crippen molar-refractivity contribution in [2.24, 2.45) is 0 Å². The maximum Gasteiger partial charge on any atom is 0.253 e. The van der Waals surface area contributed by atoms with Gasteiger partial charge in [-0.1, -0.05) is 23.7 Å². The van der Waals surface area contributed by atoms with Crippen LogP contribution in [0.25, 0.3) is 0 Å². The van der Waals surface area contributed by atoms with E-state index in [4.69, 9.17) is 16.3 Å². The number of nitrogens with one attached hydrogen (secondary N) is 1. The maximum atomic E-state index is 12.9. The molecule has 6 nitrogen and oxygen atoms in total. The van der Waals surface area contributed by atoms with E-state index in [1.807, 2.05) is 20.8 Å². The highest BCUT2D eigenvalue weighted by Gasteiger charge is 2.28. The number of benzene rings is 2. The monoisotopic (exact) mass is 450 g/mol. The van der Waals surface area contributed by atoms with Crippen molar-refractivity contribution in [1.82, 2.24) is 9.62 Å². The van der Waals surface area contributed by atoms with Crippen LogP contribution < -0.4 is 5.32 Å². The number of nitrogens with zero attached hydrogens (tertiary/aromatic N) is 1. The third-order valence-electron chi connectivity index (χ3n) is 5.49. The van der Waals surface area contributed by atoms with Gasteiger partial charge in [0.15, 0.2) is 0 Å². The van der Waals surface area contributed by atoms with E-state index in [-0.39, 0.29) is 34.6 Å². The first kappa shape index (κ1) is 22.7. The van der Waals surface area contributed by atoms with Gasteiger partial charge in [0.2, 0.25) is 10.0 Å². The van der Waals surface area contributed by atoms with Gasteiger partial charge in [-0.05, 0) is 68.1 Å². The summed E-state index contributed by atoms with van der Waals surface area (Å²) >= 11 is 6.24. The second-order valence-electron chi connectivity index (χ2n) is 7.65. The normalized spacial score (nSPS) is 16.3. The Bertz CT molecular complexity index is 1060. The zero-order chi connectivity index (χ0) is 22.1. The smallest absolute Gasteiger partial charge is 0.253 e. The lowest BCUT2D eigenvalue weighted by Gasteiger charge is -2.26. The SMILES string of the molecule is Cc1cc(C)c([C@H](C)NC(=O)c2cc(S(=O)(=O)N3CCOCC3)ccc2Cl)cc1C. The molecule has 1 heterocycles. The maximum absolute atomic E-state index is 12.9. The molecular formula is C22H27ClN2O4S. The number of sulfonamides is 1. The van der Waals surface area contributed by atoms with E-state index < -0.39 is 15.9 Å². The quantitative estimate of drug-likeness (QED) is 0.752. The second kappa shape index (κ2) is 9.06. The van der Waals surface area contributed by atoms with Crippen molar-refractivity contribution in [2.45, 2.75) is 38.6 Å². The fourth-order valence-electron chi connectivity index (χ4n) is 3.58. The number of aryl methyl sites for hydroxylation is 3. The first-order chi connectivity index (χ1) is 14.1. The van der Waals surface area contributed by atoms with Crippen LogP contribution in [0.3, 0.4) is 0 Å². The van der Waals surface area contributed by atoms with Gasteiger partial charge in [-0.3, -0.25) is 4.79 Å². The van der Waals surface area contributed by atoms with Crippen LogP contribution in [0.2, 0.25) is 5.02 Å². The lowest BCUT2D eigenvalue weighted by atomic mass is 9.96. The van der Waals surface area contributed by atoms with Crippen molar-refractivity contribution in [3.8, 4) is 0 Å². The van der Waals surface area contributed by atoms with Gasteiger partial charge < -0.3 is 10.1 Å². The number of hydrogen-bond acceptors (Lipinski definition) is 4. The molecule has 162 valence electrons. The van der Waals surface area contributed by atoms with Gasteiger partial charge >= 0.3 is 0 Å². The third kappa shape index (κ3) is 4.70. The Labute approximate surface area is 183 Å². The molecule has 0 aliphatic carbocycles. The van der Waals surface area contributed by atoms with Crippen LogP contribution in [-0.4, -0.2) is 44.9 Å². The number of hydrogen-bond donors (Lipinski definition) is 1. The van der Waals surface area contributed by atoms with Crippen molar-refractivity contribution in [2.75, 3.05) is 26.3 Å². The molecule has 30 heavy (non-hydrogen) atoms. The van der Waals surface area contributed by atoms with Gasteiger partial charge in [0, 0.05) is 13.1 Å². The largest absolute Gasteiger partial charge is 0.379 e. The zero-order valence-electron chi connectivity index (χ0n) is 17.7.